The lowest BCUT2D eigenvalue weighted by atomic mass is 10.1. The molecule has 0 aliphatic rings. The Morgan fingerprint density at radius 3 is 2.67 bits per heavy atom. The fourth-order valence-corrected chi connectivity index (χ4v) is 1.91. The predicted octanol–water partition coefficient (Wildman–Crippen LogP) is 2.68. The number of pyridine rings is 1. The maximum Gasteiger partial charge on any atom is 0.0543 e. The van der Waals surface area contributed by atoms with Crippen LogP contribution in [-0.4, -0.2) is 35.6 Å². The van der Waals surface area contributed by atoms with Crippen molar-refractivity contribution < 1.29 is 0 Å². The number of hydrogen-bond donors (Lipinski definition) is 1. The summed E-state index contributed by atoms with van der Waals surface area (Å²) in [5.74, 6) is 0. The van der Waals surface area contributed by atoms with Crippen molar-refractivity contribution in [2.45, 2.75) is 52.2 Å². The Hall–Kier alpha value is -0.930. The summed E-state index contributed by atoms with van der Waals surface area (Å²) in [5.41, 5.74) is 1.15. The molecule has 1 aromatic rings. The summed E-state index contributed by atoms with van der Waals surface area (Å²) in [5, 5.41) is 3.46. The van der Waals surface area contributed by atoms with E-state index >= 15 is 0 Å². The summed E-state index contributed by atoms with van der Waals surface area (Å²) in [6.45, 7) is 8.71. The highest BCUT2D eigenvalue weighted by Gasteiger charge is 2.09. The number of hydrogen-bond acceptors (Lipinski definition) is 3. The van der Waals surface area contributed by atoms with Gasteiger partial charge in [-0.1, -0.05) is 19.9 Å². The van der Waals surface area contributed by atoms with E-state index in [-0.39, 0.29) is 0 Å². The van der Waals surface area contributed by atoms with Crippen LogP contribution in [0, 0.1) is 0 Å². The second kappa shape index (κ2) is 8.22. The van der Waals surface area contributed by atoms with Gasteiger partial charge in [0.05, 0.1) is 5.69 Å². The first kappa shape index (κ1) is 15.1. The van der Waals surface area contributed by atoms with Crippen LogP contribution in [0.2, 0.25) is 0 Å². The van der Waals surface area contributed by atoms with E-state index in [4.69, 9.17) is 0 Å². The maximum absolute atomic E-state index is 4.37. The summed E-state index contributed by atoms with van der Waals surface area (Å²) in [7, 11) is 2.18. The maximum atomic E-state index is 4.37. The molecule has 1 aromatic heterocycles. The summed E-state index contributed by atoms with van der Waals surface area (Å²) in [6.07, 6.45) is 4.31. The molecule has 0 radical (unpaired) electrons. The smallest absolute Gasteiger partial charge is 0.0543 e. The van der Waals surface area contributed by atoms with E-state index in [1.165, 1.54) is 12.8 Å². The molecule has 0 aliphatic carbocycles. The highest BCUT2D eigenvalue weighted by atomic mass is 15.1. The molecule has 0 fully saturated rings. The standard InChI is InChI=1S/C15H27N3/c1-13(2)16-11-7-8-14(3)18(4)12-15-9-5-6-10-17-15/h5-6,9-10,13-14,16H,7-8,11-12H2,1-4H3. The van der Waals surface area contributed by atoms with Crippen molar-refractivity contribution in [1.82, 2.24) is 15.2 Å². The summed E-state index contributed by atoms with van der Waals surface area (Å²) in [6, 6.07) is 7.29. The first-order chi connectivity index (χ1) is 8.59. The van der Waals surface area contributed by atoms with Crippen molar-refractivity contribution >= 4 is 0 Å². The van der Waals surface area contributed by atoms with E-state index in [0.717, 1.165) is 18.8 Å². The van der Waals surface area contributed by atoms with Gasteiger partial charge in [0.2, 0.25) is 0 Å². The molecule has 3 nitrogen and oxygen atoms in total. The van der Waals surface area contributed by atoms with Gasteiger partial charge in [0, 0.05) is 24.8 Å². The molecule has 1 heterocycles. The van der Waals surface area contributed by atoms with E-state index in [1.807, 2.05) is 18.3 Å². The Labute approximate surface area is 112 Å². The molecule has 1 atom stereocenters. The average molecular weight is 249 g/mol. The molecule has 18 heavy (non-hydrogen) atoms. The molecule has 0 aliphatic heterocycles. The normalized spacial score (nSPS) is 13.2. The number of nitrogens with one attached hydrogen (secondary N) is 1. The van der Waals surface area contributed by atoms with Gasteiger partial charge >= 0.3 is 0 Å². The lowest BCUT2D eigenvalue weighted by molar-refractivity contribution is 0.231. The van der Waals surface area contributed by atoms with Crippen LogP contribution in [-0.2, 0) is 6.54 Å². The van der Waals surface area contributed by atoms with Gasteiger partial charge in [0.15, 0.2) is 0 Å². The number of rotatable bonds is 8. The predicted molar refractivity (Wildman–Crippen MR) is 77.5 cm³/mol. The van der Waals surface area contributed by atoms with E-state index < -0.39 is 0 Å². The molecule has 0 saturated heterocycles. The lowest BCUT2D eigenvalue weighted by Gasteiger charge is -2.24. The fraction of sp³-hybridized carbons (Fsp3) is 0.667. The third-order valence-corrected chi connectivity index (χ3v) is 3.24. The molecule has 102 valence electrons. The van der Waals surface area contributed by atoms with Crippen LogP contribution in [0.1, 0.15) is 39.3 Å². The molecule has 3 heteroatoms. The van der Waals surface area contributed by atoms with Crippen LogP contribution >= 0.6 is 0 Å². The lowest BCUT2D eigenvalue weighted by Crippen LogP contribution is -2.30. The van der Waals surface area contributed by atoms with Crippen LogP contribution in [0.25, 0.3) is 0 Å². The summed E-state index contributed by atoms with van der Waals surface area (Å²) in [4.78, 5) is 6.74. The highest BCUT2D eigenvalue weighted by molar-refractivity contribution is 5.03. The summed E-state index contributed by atoms with van der Waals surface area (Å²) >= 11 is 0. The van der Waals surface area contributed by atoms with E-state index in [0.29, 0.717) is 12.1 Å². The SMILES string of the molecule is CC(C)NCCCC(C)N(C)Cc1ccccn1. The minimum absolute atomic E-state index is 0.589. The Morgan fingerprint density at radius 1 is 1.28 bits per heavy atom. The van der Waals surface area contributed by atoms with Crippen molar-refractivity contribution in [2.24, 2.45) is 0 Å². The fourth-order valence-electron chi connectivity index (χ4n) is 1.91. The van der Waals surface area contributed by atoms with Gasteiger partial charge in [0.1, 0.15) is 0 Å². The molecule has 0 aromatic carbocycles. The molecule has 0 amide bonds. The molecule has 1 rings (SSSR count). The molecular formula is C15H27N3. The quantitative estimate of drug-likeness (QED) is 0.718. The van der Waals surface area contributed by atoms with E-state index in [9.17, 15) is 0 Å². The molecule has 0 saturated carbocycles. The molecule has 1 N–H and O–H groups in total. The molecule has 0 bridgehead atoms. The van der Waals surface area contributed by atoms with Crippen LogP contribution < -0.4 is 5.32 Å². The monoisotopic (exact) mass is 249 g/mol. The van der Waals surface area contributed by atoms with Crippen molar-refractivity contribution in [3.05, 3.63) is 30.1 Å². The Kier molecular flexibility index (Phi) is 6.91. The van der Waals surface area contributed by atoms with Crippen molar-refractivity contribution in [1.29, 1.82) is 0 Å². The summed E-state index contributed by atoms with van der Waals surface area (Å²) < 4.78 is 0. The van der Waals surface area contributed by atoms with Crippen LogP contribution in [0.3, 0.4) is 0 Å². The van der Waals surface area contributed by atoms with Gasteiger partial charge in [-0.2, -0.15) is 0 Å². The third-order valence-electron chi connectivity index (χ3n) is 3.24. The third kappa shape index (κ3) is 6.12. The van der Waals surface area contributed by atoms with Crippen LogP contribution in [0.5, 0.6) is 0 Å². The van der Waals surface area contributed by atoms with Crippen LogP contribution in [0.4, 0.5) is 0 Å². The van der Waals surface area contributed by atoms with E-state index in [2.05, 4.69) is 49.1 Å². The van der Waals surface area contributed by atoms with E-state index in [1.54, 1.807) is 0 Å². The van der Waals surface area contributed by atoms with Gasteiger partial charge in [-0.15, -0.1) is 0 Å². The molecular weight excluding hydrogens is 222 g/mol. The van der Waals surface area contributed by atoms with Gasteiger partial charge in [-0.05, 0) is 45.5 Å². The van der Waals surface area contributed by atoms with Crippen molar-refractivity contribution in [2.75, 3.05) is 13.6 Å². The zero-order valence-electron chi connectivity index (χ0n) is 12.2. The average Bonchev–Trinajstić information content (AvgIpc) is 2.35. The first-order valence-electron chi connectivity index (χ1n) is 6.93. The molecule has 0 spiro atoms. The van der Waals surface area contributed by atoms with Gasteiger partial charge < -0.3 is 5.32 Å². The van der Waals surface area contributed by atoms with Crippen molar-refractivity contribution in [3.8, 4) is 0 Å². The Balaban J connectivity index is 2.22. The second-order valence-corrected chi connectivity index (χ2v) is 5.34. The minimum atomic E-state index is 0.589. The largest absolute Gasteiger partial charge is 0.315 e. The highest BCUT2D eigenvalue weighted by Crippen LogP contribution is 2.08. The number of aromatic nitrogens is 1. The minimum Gasteiger partial charge on any atom is -0.315 e. The second-order valence-electron chi connectivity index (χ2n) is 5.34. The Bertz CT molecular complexity index is 311. The van der Waals surface area contributed by atoms with Gasteiger partial charge in [0.25, 0.3) is 0 Å². The Morgan fingerprint density at radius 2 is 2.06 bits per heavy atom. The van der Waals surface area contributed by atoms with Crippen LogP contribution in [0.15, 0.2) is 24.4 Å². The van der Waals surface area contributed by atoms with Crippen molar-refractivity contribution in [3.63, 3.8) is 0 Å². The van der Waals surface area contributed by atoms with Gasteiger partial charge in [-0.3, -0.25) is 9.88 Å². The number of nitrogens with zero attached hydrogens (tertiary/aromatic N) is 2. The zero-order chi connectivity index (χ0) is 13.4. The topological polar surface area (TPSA) is 28.2 Å². The van der Waals surface area contributed by atoms with Gasteiger partial charge in [-0.25, -0.2) is 0 Å². The zero-order valence-corrected chi connectivity index (χ0v) is 12.2. The molecule has 1 unspecified atom stereocenters. The first-order valence-corrected chi connectivity index (χ1v) is 6.93.